The van der Waals surface area contributed by atoms with Crippen molar-refractivity contribution in [3.05, 3.63) is 65.2 Å². The Kier molecular flexibility index (Phi) is 3.03. The first-order valence-electron chi connectivity index (χ1n) is 6.44. The van der Waals surface area contributed by atoms with Crippen LogP contribution in [0.1, 0.15) is 21.5 Å². The third-order valence-electron chi connectivity index (χ3n) is 3.52. The zero-order valence-corrected chi connectivity index (χ0v) is 11.5. The van der Waals surface area contributed by atoms with Crippen LogP contribution in [0, 0.1) is 0 Å². The highest BCUT2D eigenvalue weighted by atomic mass is 16.5. The van der Waals surface area contributed by atoms with E-state index in [-0.39, 0.29) is 5.91 Å². The van der Waals surface area contributed by atoms with Gasteiger partial charge < -0.3 is 9.64 Å². The Morgan fingerprint density at radius 2 is 1.65 bits per heavy atom. The van der Waals surface area contributed by atoms with Crippen LogP contribution in [0.2, 0.25) is 0 Å². The van der Waals surface area contributed by atoms with Gasteiger partial charge in [-0.1, -0.05) is 30.3 Å². The molecule has 0 saturated carbocycles. The molecule has 100 valence electrons. The van der Waals surface area contributed by atoms with E-state index in [4.69, 9.17) is 4.74 Å². The lowest BCUT2D eigenvalue weighted by Crippen LogP contribution is -2.16. The van der Waals surface area contributed by atoms with Gasteiger partial charge in [-0.15, -0.1) is 0 Å². The van der Waals surface area contributed by atoms with E-state index in [1.807, 2.05) is 54.6 Å². The molecule has 0 unspecified atom stereocenters. The molecule has 3 nitrogen and oxygen atoms in total. The predicted octanol–water partition coefficient (Wildman–Crippen LogP) is 3.28. The Morgan fingerprint density at radius 3 is 2.30 bits per heavy atom. The highest BCUT2D eigenvalue weighted by Crippen LogP contribution is 2.32. The van der Waals surface area contributed by atoms with E-state index in [1.165, 1.54) is 0 Å². The zero-order chi connectivity index (χ0) is 14.1. The Bertz CT molecular complexity index is 686. The topological polar surface area (TPSA) is 29.5 Å². The number of rotatable bonds is 2. The smallest absolute Gasteiger partial charge is 0.258 e. The van der Waals surface area contributed by atoms with Gasteiger partial charge in [-0.05, 0) is 29.8 Å². The number of amides is 1. The Morgan fingerprint density at radius 1 is 1.00 bits per heavy atom. The maximum atomic E-state index is 12.2. The van der Waals surface area contributed by atoms with Gasteiger partial charge in [-0.25, -0.2) is 0 Å². The lowest BCUT2D eigenvalue weighted by atomic mass is 10.1. The van der Waals surface area contributed by atoms with Crippen LogP contribution in [0.5, 0.6) is 5.75 Å². The molecule has 0 spiro atoms. The number of fused-ring (bicyclic) bond motifs is 1. The summed E-state index contributed by atoms with van der Waals surface area (Å²) in [6.45, 7) is 0. The Hall–Kier alpha value is -2.55. The van der Waals surface area contributed by atoms with E-state index in [0.29, 0.717) is 0 Å². The molecule has 3 heteroatoms. The number of hydrogen-bond acceptors (Lipinski definition) is 2. The van der Waals surface area contributed by atoms with Crippen LogP contribution < -0.4 is 4.74 Å². The molecule has 0 saturated heterocycles. The summed E-state index contributed by atoms with van der Waals surface area (Å²) in [6, 6.07) is 15.5. The van der Waals surface area contributed by atoms with Gasteiger partial charge in [0.15, 0.2) is 0 Å². The molecule has 0 radical (unpaired) electrons. The average Bonchev–Trinajstić information content (AvgIpc) is 2.74. The Balaban J connectivity index is 2.04. The summed E-state index contributed by atoms with van der Waals surface area (Å²) < 4.78 is 5.15. The van der Waals surface area contributed by atoms with E-state index in [2.05, 4.69) is 0 Å². The molecular formula is C17H15NO2. The summed E-state index contributed by atoms with van der Waals surface area (Å²) in [4.78, 5) is 13.9. The fourth-order valence-electron chi connectivity index (χ4n) is 2.40. The van der Waals surface area contributed by atoms with Crippen LogP contribution in [0.25, 0.3) is 11.8 Å². The second-order valence-corrected chi connectivity index (χ2v) is 4.71. The van der Waals surface area contributed by atoms with Crippen molar-refractivity contribution < 1.29 is 9.53 Å². The molecule has 3 rings (SSSR count). The molecule has 2 aromatic carbocycles. The number of ether oxygens (including phenoxy) is 1. The van der Waals surface area contributed by atoms with Crippen molar-refractivity contribution in [1.29, 1.82) is 0 Å². The minimum Gasteiger partial charge on any atom is -0.497 e. The summed E-state index contributed by atoms with van der Waals surface area (Å²) in [5.74, 6) is 0.865. The lowest BCUT2D eigenvalue weighted by Gasteiger charge is -2.11. The van der Waals surface area contributed by atoms with E-state index in [9.17, 15) is 4.79 Å². The molecule has 1 amide bonds. The summed E-state index contributed by atoms with van der Waals surface area (Å²) in [7, 11) is 3.45. The predicted molar refractivity (Wildman–Crippen MR) is 79.4 cm³/mol. The third-order valence-corrected chi connectivity index (χ3v) is 3.52. The summed E-state index contributed by atoms with van der Waals surface area (Å²) >= 11 is 0. The van der Waals surface area contributed by atoms with E-state index >= 15 is 0 Å². The molecular weight excluding hydrogens is 250 g/mol. The van der Waals surface area contributed by atoms with E-state index in [1.54, 1.807) is 19.1 Å². The first-order valence-corrected chi connectivity index (χ1v) is 6.44. The highest BCUT2D eigenvalue weighted by molar-refractivity contribution is 6.11. The highest BCUT2D eigenvalue weighted by Gasteiger charge is 2.28. The van der Waals surface area contributed by atoms with Crippen molar-refractivity contribution in [3.8, 4) is 5.75 Å². The largest absolute Gasteiger partial charge is 0.497 e. The third kappa shape index (κ3) is 1.97. The summed E-state index contributed by atoms with van der Waals surface area (Å²) in [6.07, 6.45) is 2.02. The first-order chi connectivity index (χ1) is 9.70. The van der Waals surface area contributed by atoms with Gasteiger partial charge in [-0.3, -0.25) is 4.79 Å². The second kappa shape index (κ2) is 4.85. The molecule has 20 heavy (non-hydrogen) atoms. The molecule has 1 aliphatic heterocycles. The number of methoxy groups -OCH3 is 1. The first kappa shape index (κ1) is 12.5. The summed E-state index contributed by atoms with van der Waals surface area (Å²) in [5, 5.41) is 0. The monoisotopic (exact) mass is 265 g/mol. The van der Waals surface area contributed by atoms with Crippen molar-refractivity contribution in [1.82, 2.24) is 4.90 Å². The second-order valence-electron chi connectivity index (χ2n) is 4.71. The van der Waals surface area contributed by atoms with Crippen molar-refractivity contribution in [3.63, 3.8) is 0 Å². The molecule has 1 heterocycles. The molecule has 1 aliphatic rings. The van der Waals surface area contributed by atoms with Gasteiger partial charge >= 0.3 is 0 Å². The van der Waals surface area contributed by atoms with Crippen LogP contribution in [-0.2, 0) is 0 Å². The average molecular weight is 265 g/mol. The van der Waals surface area contributed by atoms with Crippen molar-refractivity contribution in [2.45, 2.75) is 0 Å². The molecule has 0 atom stereocenters. The minimum atomic E-state index is 0.0420. The molecule has 0 fully saturated rings. The van der Waals surface area contributed by atoms with Crippen LogP contribution >= 0.6 is 0 Å². The van der Waals surface area contributed by atoms with Gasteiger partial charge in [0.1, 0.15) is 5.75 Å². The fourth-order valence-corrected chi connectivity index (χ4v) is 2.40. The van der Waals surface area contributed by atoms with Crippen molar-refractivity contribution in [2.24, 2.45) is 0 Å². The Labute approximate surface area is 118 Å². The van der Waals surface area contributed by atoms with E-state index in [0.717, 1.165) is 28.1 Å². The van der Waals surface area contributed by atoms with Gasteiger partial charge in [0, 0.05) is 18.2 Å². The SMILES string of the molecule is COc1ccc(/C=C2/c3ccccc3C(=O)N2C)cc1. The van der Waals surface area contributed by atoms with Crippen LogP contribution in [-0.4, -0.2) is 25.0 Å². The van der Waals surface area contributed by atoms with Crippen LogP contribution in [0.15, 0.2) is 48.5 Å². The lowest BCUT2D eigenvalue weighted by molar-refractivity contribution is 0.0875. The van der Waals surface area contributed by atoms with Gasteiger partial charge in [-0.2, -0.15) is 0 Å². The maximum absolute atomic E-state index is 12.2. The number of carbonyl (C=O) groups excluding carboxylic acids is 1. The normalized spacial score (nSPS) is 15.6. The van der Waals surface area contributed by atoms with Gasteiger partial charge in [0.05, 0.1) is 12.8 Å². The fraction of sp³-hybridized carbons (Fsp3) is 0.118. The number of benzene rings is 2. The molecule has 0 N–H and O–H groups in total. The van der Waals surface area contributed by atoms with Crippen molar-refractivity contribution in [2.75, 3.05) is 14.2 Å². The standard InChI is InChI=1S/C17H15NO2/c1-18-16(11-12-7-9-13(20-2)10-8-12)14-5-3-4-6-15(14)17(18)19/h3-11H,1-2H3/b16-11-. The molecule has 2 aromatic rings. The van der Waals surface area contributed by atoms with Crippen molar-refractivity contribution >= 4 is 17.7 Å². The molecule has 0 bridgehead atoms. The zero-order valence-electron chi connectivity index (χ0n) is 11.5. The maximum Gasteiger partial charge on any atom is 0.258 e. The van der Waals surface area contributed by atoms with Gasteiger partial charge in [0.25, 0.3) is 5.91 Å². The van der Waals surface area contributed by atoms with Crippen LogP contribution in [0.3, 0.4) is 0 Å². The molecule has 0 aliphatic carbocycles. The van der Waals surface area contributed by atoms with Crippen LogP contribution in [0.4, 0.5) is 0 Å². The van der Waals surface area contributed by atoms with E-state index < -0.39 is 0 Å². The van der Waals surface area contributed by atoms with Gasteiger partial charge in [0.2, 0.25) is 0 Å². The summed E-state index contributed by atoms with van der Waals surface area (Å²) in [5.41, 5.74) is 3.71. The quantitative estimate of drug-likeness (QED) is 0.834. The number of hydrogen-bond donors (Lipinski definition) is 0. The number of nitrogens with zero attached hydrogens (tertiary/aromatic N) is 1. The molecule has 0 aromatic heterocycles. The minimum absolute atomic E-state index is 0.0420. The number of carbonyl (C=O) groups is 1.